The fourth-order valence-electron chi connectivity index (χ4n) is 5.78. The topological polar surface area (TPSA) is 58.9 Å². The van der Waals surface area contributed by atoms with Crippen LogP contribution >= 0.6 is 11.3 Å². The van der Waals surface area contributed by atoms with Crippen LogP contribution in [-0.2, 0) is 13.0 Å². The number of aromatic nitrogens is 2. The van der Waals surface area contributed by atoms with Crippen molar-refractivity contribution < 1.29 is 22.7 Å². The van der Waals surface area contributed by atoms with Gasteiger partial charge in [-0.2, -0.15) is 0 Å². The summed E-state index contributed by atoms with van der Waals surface area (Å²) in [6.45, 7) is 4.40. The number of alkyl halides is 3. The Morgan fingerprint density at radius 2 is 1.84 bits per heavy atom. The second kappa shape index (κ2) is 9.34. The lowest BCUT2D eigenvalue weighted by Gasteiger charge is -2.60. The van der Waals surface area contributed by atoms with Crippen LogP contribution in [0.4, 0.5) is 18.9 Å². The van der Waals surface area contributed by atoms with Crippen LogP contribution in [0.15, 0.2) is 60.1 Å². The second-order valence-electron chi connectivity index (χ2n) is 10.2. The van der Waals surface area contributed by atoms with Crippen LogP contribution in [0.3, 0.4) is 0 Å². The Morgan fingerprint density at radius 3 is 2.50 bits per heavy atom. The van der Waals surface area contributed by atoms with Crippen LogP contribution < -0.4 is 15.0 Å². The van der Waals surface area contributed by atoms with E-state index in [-0.39, 0.29) is 17.1 Å². The smallest absolute Gasteiger partial charge is 0.406 e. The maximum absolute atomic E-state index is 12.9. The van der Waals surface area contributed by atoms with Crippen LogP contribution in [0.1, 0.15) is 53.0 Å². The molecule has 0 unspecified atom stereocenters. The molecule has 1 aliphatic heterocycles. The molecular formula is C28H27F3N4O2S. The van der Waals surface area contributed by atoms with Crippen LogP contribution in [0.2, 0.25) is 0 Å². The monoisotopic (exact) mass is 540 g/mol. The number of halogens is 3. The lowest BCUT2D eigenvalue weighted by atomic mass is 9.56. The molecule has 198 valence electrons. The van der Waals surface area contributed by atoms with E-state index in [1.165, 1.54) is 23.5 Å². The summed E-state index contributed by atoms with van der Waals surface area (Å²) in [6.07, 6.45) is -0.00594. The summed E-state index contributed by atoms with van der Waals surface area (Å²) in [5.74, 6) is 0.0754. The van der Waals surface area contributed by atoms with Crippen LogP contribution in [0.25, 0.3) is 4.96 Å². The van der Waals surface area contributed by atoms with Crippen molar-refractivity contribution in [1.29, 1.82) is 0 Å². The molecule has 1 spiro atoms. The Labute approximate surface area is 222 Å². The van der Waals surface area contributed by atoms with E-state index in [0.717, 1.165) is 53.4 Å². The van der Waals surface area contributed by atoms with Gasteiger partial charge in [0.05, 0.1) is 5.69 Å². The lowest BCUT2D eigenvalue weighted by molar-refractivity contribution is -0.274. The number of imidazole rings is 1. The standard InChI is InChI=1S/C28H27F3N4O2S/c1-2-23-24(35-11-12-38-26(35)33-23)25(36)32-15-18-3-7-21(8-4-18)34-16-27(17-34)13-20(14-27)19-5-9-22(10-6-19)37-28(29,30)31/h3-12,20H,2,13-17H2,1H3,(H,32,36). The fourth-order valence-corrected chi connectivity index (χ4v) is 6.51. The number of benzene rings is 2. The first-order valence-corrected chi connectivity index (χ1v) is 13.5. The van der Waals surface area contributed by atoms with Crippen molar-refractivity contribution >= 4 is 27.9 Å². The molecule has 38 heavy (non-hydrogen) atoms. The van der Waals surface area contributed by atoms with Crippen molar-refractivity contribution in [3.63, 3.8) is 0 Å². The molecule has 1 N–H and O–H groups in total. The third kappa shape index (κ3) is 4.73. The second-order valence-corrected chi connectivity index (χ2v) is 11.1. The van der Waals surface area contributed by atoms with Crippen molar-refractivity contribution in [3.8, 4) is 5.75 Å². The summed E-state index contributed by atoms with van der Waals surface area (Å²) >= 11 is 1.52. The van der Waals surface area contributed by atoms with E-state index in [1.807, 2.05) is 35.0 Å². The summed E-state index contributed by atoms with van der Waals surface area (Å²) in [5, 5.41) is 4.95. The van der Waals surface area contributed by atoms with Crippen LogP contribution in [0, 0.1) is 5.41 Å². The van der Waals surface area contributed by atoms with Gasteiger partial charge in [-0.1, -0.05) is 31.2 Å². The van der Waals surface area contributed by atoms with Gasteiger partial charge in [-0.05, 0) is 60.6 Å². The summed E-state index contributed by atoms with van der Waals surface area (Å²) in [7, 11) is 0. The first kappa shape index (κ1) is 24.8. The maximum Gasteiger partial charge on any atom is 0.573 e. The molecule has 6 rings (SSSR count). The molecule has 4 aromatic rings. The van der Waals surface area contributed by atoms with Gasteiger partial charge in [0.15, 0.2) is 4.96 Å². The molecule has 0 radical (unpaired) electrons. The number of anilines is 1. The van der Waals surface area contributed by atoms with Gasteiger partial charge < -0.3 is 15.0 Å². The molecule has 2 aromatic heterocycles. The summed E-state index contributed by atoms with van der Waals surface area (Å²) in [4.78, 5) is 20.6. The number of thiazole rings is 1. The van der Waals surface area contributed by atoms with E-state index in [2.05, 4.69) is 32.1 Å². The van der Waals surface area contributed by atoms with E-state index in [1.54, 1.807) is 12.1 Å². The van der Waals surface area contributed by atoms with E-state index < -0.39 is 6.36 Å². The Morgan fingerprint density at radius 1 is 1.13 bits per heavy atom. The third-order valence-electron chi connectivity index (χ3n) is 7.64. The molecule has 3 heterocycles. The Kier molecular flexibility index (Phi) is 6.09. The Hall–Kier alpha value is -3.53. The average molecular weight is 541 g/mol. The van der Waals surface area contributed by atoms with Gasteiger partial charge in [0.2, 0.25) is 0 Å². The predicted octanol–water partition coefficient (Wildman–Crippen LogP) is 6.17. The van der Waals surface area contributed by atoms with Gasteiger partial charge >= 0.3 is 6.36 Å². The number of nitrogens with one attached hydrogen (secondary N) is 1. The van der Waals surface area contributed by atoms with Gasteiger partial charge in [0, 0.05) is 42.3 Å². The molecule has 1 amide bonds. The molecular weight excluding hydrogens is 513 g/mol. The van der Waals surface area contributed by atoms with Crippen molar-refractivity contribution in [2.75, 3.05) is 18.0 Å². The highest BCUT2D eigenvalue weighted by atomic mass is 32.1. The number of carbonyl (C=O) groups is 1. The molecule has 2 aliphatic rings. The van der Waals surface area contributed by atoms with E-state index in [0.29, 0.717) is 24.6 Å². The normalized spacial score (nSPS) is 16.9. The molecule has 0 bridgehead atoms. The minimum absolute atomic E-state index is 0.122. The van der Waals surface area contributed by atoms with E-state index in [4.69, 9.17) is 0 Å². The number of carbonyl (C=O) groups excluding carboxylic acids is 1. The van der Waals surface area contributed by atoms with Crippen LogP contribution in [0.5, 0.6) is 5.75 Å². The molecule has 10 heteroatoms. The first-order chi connectivity index (χ1) is 18.2. The van der Waals surface area contributed by atoms with Gasteiger partial charge in [0.25, 0.3) is 5.91 Å². The minimum atomic E-state index is -4.67. The van der Waals surface area contributed by atoms with Crippen molar-refractivity contribution in [2.24, 2.45) is 5.41 Å². The molecule has 0 atom stereocenters. The Bertz CT molecular complexity index is 1450. The summed E-state index contributed by atoms with van der Waals surface area (Å²) in [5.41, 5.74) is 4.96. The molecule has 6 nitrogen and oxygen atoms in total. The maximum atomic E-state index is 12.9. The summed E-state index contributed by atoms with van der Waals surface area (Å²) < 4.78 is 42.9. The van der Waals surface area contributed by atoms with Crippen molar-refractivity contribution in [1.82, 2.24) is 14.7 Å². The molecule has 1 saturated heterocycles. The SMILES string of the molecule is CCc1nc2sccn2c1C(=O)NCc1ccc(N2CC3(CC(c4ccc(OC(F)(F)F)cc4)C3)C2)cc1. The van der Waals surface area contributed by atoms with Gasteiger partial charge in [0.1, 0.15) is 11.4 Å². The van der Waals surface area contributed by atoms with Crippen molar-refractivity contribution in [3.05, 3.63) is 82.6 Å². The zero-order valence-corrected chi connectivity index (χ0v) is 21.6. The number of aryl methyl sites for hydroxylation is 1. The van der Waals surface area contributed by atoms with Crippen LogP contribution in [-0.4, -0.2) is 34.7 Å². The minimum Gasteiger partial charge on any atom is -0.406 e. The number of hydrogen-bond donors (Lipinski definition) is 1. The number of rotatable bonds is 7. The van der Waals surface area contributed by atoms with E-state index in [9.17, 15) is 18.0 Å². The average Bonchev–Trinajstić information content (AvgIpc) is 3.42. The van der Waals surface area contributed by atoms with Gasteiger partial charge in [-0.15, -0.1) is 24.5 Å². The zero-order valence-electron chi connectivity index (χ0n) is 20.8. The molecule has 2 fully saturated rings. The van der Waals surface area contributed by atoms with Gasteiger partial charge in [-0.25, -0.2) is 4.98 Å². The number of ether oxygens (including phenoxy) is 1. The fraction of sp³-hybridized carbons (Fsp3) is 0.357. The molecule has 2 aromatic carbocycles. The quantitative estimate of drug-likeness (QED) is 0.305. The number of fused-ring (bicyclic) bond motifs is 1. The van der Waals surface area contributed by atoms with Crippen molar-refractivity contribution in [2.45, 2.75) is 45.0 Å². The number of hydrogen-bond acceptors (Lipinski definition) is 5. The lowest BCUT2D eigenvalue weighted by Crippen LogP contribution is -2.61. The number of amides is 1. The Balaban J connectivity index is 0.993. The highest BCUT2D eigenvalue weighted by molar-refractivity contribution is 7.15. The summed E-state index contributed by atoms with van der Waals surface area (Å²) in [6, 6.07) is 14.6. The molecule has 1 aliphatic carbocycles. The van der Waals surface area contributed by atoms with Gasteiger partial charge in [-0.3, -0.25) is 9.20 Å². The predicted molar refractivity (Wildman–Crippen MR) is 140 cm³/mol. The van der Waals surface area contributed by atoms with E-state index >= 15 is 0 Å². The number of nitrogens with zero attached hydrogens (tertiary/aromatic N) is 3. The highest BCUT2D eigenvalue weighted by Crippen LogP contribution is 2.56. The highest BCUT2D eigenvalue weighted by Gasteiger charge is 2.52. The zero-order chi connectivity index (χ0) is 26.5. The third-order valence-corrected chi connectivity index (χ3v) is 8.39. The molecule has 1 saturated carbocycles. The largest absolute Gasteiger partial charge is 0.573 e. The first-order valence-electron chi connectivity index (χ1n) is 12.6.